The topological polar surface area (TPSA) is 93.2 Å². The van der Waals surface area contributed by atoms with Crippen LogP contribution in [0.4, 0.5) is 0 Å². The zero-order chi connectivity index (χ0) is 22.9. The minimum absolute atomic E-state index is 0.0249. The minimum Gasteiger partial charge on any atom is -0.465 e. The van der Waals surface area contributed by atoms with Gasteiger partial charge in [-0.15, -0.1) is 11.3 Å². The van der Waals surface area contributed by atoms with Crippen molar-refractivity contribution in [1.82, 2.24) is 9.21 Å². The van der Waals surface area contributed by atoms with Crippen molar-refractivity contribution in [3.63, 3.8) is 0 Å². The monoisotopic (exact) mass is 478 g/mol. The Hall–Kier alpha value is -2.27. The Labute approximate surface area is 191 Å². The van der Waals surface area contributed by atoms with Crippen molar-refractivity contribution >= 4 is 33.2 Å². The van der Waals surface area contributed by atoms with Gasteiger partial charge >= 0.3 is 5.97 Å². The van der Waals surface area contributed by atoms with Gasteiger partial charge in [-0.25, -0.2) is 13.2 Å². The van der Waals surface area contributed by atoms with E-state index in [0.717, 1.165) is 29.7 Å². The van der Waals surface area contributed by atoms with Crippen LogP contribution in [0.2, 0.25) is 0 Å². The van der Waals surface area contributed by atoms with Gasteiger partial charge in [0.25, 0.3) is 15.9 Å². The summed E-state index contributed by atoms with van der Waals surface area (Å²) in [6.07, 6.45) is 1.24. The molecule has 1 aromatic heterocycles. The number of esters is 1. The number of sulfonamides is 1. The predicted octanol–water partition coefficient (Wildman–Crippen LogP) is 2.59. The van der Waals surface area contributed by atoms with E-state index in [2.05, 4.69) is 0 Å². The summed E-state index contributed by atoms with van der Waals surface area (Å²) in [6.45, 7) is 1.49. The molecule has 0 spiro atoms. The molecule has 1 aromatic carbocycles. The number of hydrogen-bond acceptors (Lipinski definition) is 7. The van der Waals surface area contributed by atoms with Crippen LogP contribution in [0, 0.1) is 0 Å². The molecule has 0 saturated carbocycles. The zero-order valence-corrected chi connectivity index (χ0v) is 19.7. The molecule has 1 atom stereocenters. The molecule has 8 nitrogen and oxygen atoms in total. The largest absolute Gasteiger partial charge is 0.465 e. The Morgan fingerprint density at radius 2 is 1.75 bits per heavy atom. The van der Waals surface area contributed by atoms with Crippen LogP contribution in [-0.4, -0.2) is 63.4 Å². The van der Waals surface area contributed by atoms with Crippen molar-refractivity contribution in [3.8, 4) is 0 Å². The maximum atomic E-state index is 13.3. The average molecular weight is 479 g/mol. The first-order valence-electron chi connectivity index (χ1n) is 10.5. The van der Waals surface area contributed by atoms with Gasteiger partial charge in [0.05, 0.1) is 19.2 Å². The highest BCUT2D eigenvalue weighted by Crippen LogP contribution is 2.39. The smallest absolute Gasteiger partial charge is 0.340 e. The summed E-state index contributed by atoms with van der Waals surface area (Å²) in [5.74, 6) is -0.847. The second-order valence-corrected chi connectivity index (χ2v) is 11.0. The molecule has 2 aromatic rings. The fraction of sp³-hybridized carbons (Fsp3) is 0.455. The van der Waals surface area contributed by atoms with Crippen molar-refractivity contribution in [2.45, 2.75) is 36.1 Å². The third-order valence-corrected chi connectivity index (χ3v) is 9.54. The third kappa shape index (κ3) is 4.07. The zero-order valence-electron chi connectivity index (χ0n) is 18.1. The third-order valence-electron chi connectivity index (χ3n) is 5.93. The standard InChI is InChI=1S/C22H26N2O6S2/c1-29-19(15-8-4-3-5-9-15)20(25)23-13-10-16-17(14-23)31-22(18(16)21(26)30-2)32(27,28)24-11-6-7-12-24/h3-5,8-9,19H,6-7,10-14H2,1-2H3/t19-/m1/s1. The van der Waals surface area contributed by atoms with Crippen LogP contribution in [0.3, 0.4) is 0 Å². The van der Waals surface area contributed by atoms with Crippen molar-refractivity contribution in [3.05, 3.63) is 51.9 Å². The molecule has 0 aliphatic carbocycles. The quantitative estimate of drug-likeness (QED) is 0.593. The Bertz CT molecular complexity index is 1110. The van der Waals surface area contributed by atoms with Crippen molar-refractivity contribution in [2.75, 3.05) is 33.9 Å². The Morgan fingerprint density at radius 3 is 2.38 bits per heavy atom. The van der Waals surface area contributed by atoms with Gasteiger partial charge in [0.2, 0.25) is 0 Å². The van der Waals surface area contributed by atoms with Gasteiger partial charge in [-0.2, -0.15) is 4.31 Å². The number of carbonyl (C=O) groups excluding carboxylic acids is 2. The molecular weight excluding hydrogens is 452 g/mol. The molecular formula is C22H26N2O6S2. The highest BCUT2D eigenvalue weighted by Gasteiger charge is 2.39. The maximum absolute atomic E-state index is 13.3. The second kappa shape index (κ2) is 9.30. The molecule has 4 rings (SSSR count). The van der Waals surface area contributed by atoms with E-state index in [4.69, 9.17) is 9.47 Å². The normalized spacial score (nSPS) is 17.8. The van der Waals surface area contributed by atoms with E-state index < -0.39 is 22.1 Å². The average Bonchev–Trinajstić information content (AvgIpc) is 3.48. The lowest BCUT2D eigenvalue weighted by molar-refractivity contribution is -0.143. The Balaban J connectivity index is 1.67. The SMILES string of the molecule is COC(=O)c1c(S(=O)(=O)N2CCCC2)sc2c1CCN(C(=O)[C@H](OC)c1ccccc1)C2. The van der Waals surface area contributed by atoms with E-state index in [1.54, 1.807) is 4.90 Å². The number of fused-ring (bicyclic) bond motifs is 1. The fourth-order valence-corrected chi connectivity index (χ4v) is 7.83. The summed E-state index contributed by atoms with van der Waals surface area (Å²) in [4.78, 5) is 28.2. The molecule has 1 amide bonds. The molecule has 1 fully saturated rings. The van der Waals surface area contributed by atoms with Gasteiger partial charge in [0.1, 0.15) is 4.21 Å². The first kappa shape index (κ1) is 22.9. The number of methoxy groups -OCH3 is 2. The van der Waals surface area contributed by atoms with Crippen LogP contribution in [0.15, 0.2) is 34.5 Å². The molecule has 0 unspecified atom stereocenters. The van der Waals surface area contributed by atoms with Gasteiger partial charge < -0.3 is 14.4 Å². The lowest BCUT2D eigenvalue weighted by atomic mass is 10.0. The minimum atomic E-state index is -3.80. The van der Waals surface area contributed by atoms with E-state index in [0.29, 0.717) is 36.5 Å². The van der Waals surface area contributed by atoms with Gasteiger partial charge in [-0.05, 0) is 30.4 Å². The maximum Gasteiger partial charge on any atom is 0.340 e. The van der Waals surface area contributed by atoms with E-state index in [-0.39, 0.29) is 22.2 Å². The molecule has 172 valence electrons. The summed E-state index contributed by atoms with van der Waals surface area (Å²) in [6, 6.07) is 9.24. The molecule has 32 heavy (non-hydrogen) atoms. The number of thiophene rings is 1. The predicted molar refractivity (Wildman–Crippen MR) is 119 cm³/mol. The molecule has 2 aliphatic rings. The fourth-order valence-electron chi connectivity index (χ4n) is 4.28. The van der Waals surface area contributed by atoms with Crippen molar-refractivity contribution < 1.29 is 27.5 Å². The van der Waals surface area contributed by atoms with Crippen molar-refractivity contribution in [1.29, 1.82) is 0 Å². The van der Waals surface area contributed by atoms with Crippen LogP contribution in [0.5, 0.6) is 0 Å². The van der Waals surface area contributed by atoms with Crippen LogP contribution in [0.25, 0.3) is 0 Å². The number of ether oxygens (including phenoxy) is 2. The summed E-state index contributed by atoms with van der Waals surface area (Å²) in [7, 11) is -1.05. The Morgan fingerprint density at radius 1 is 1.06 bits per heavy atom. The number of hydrogen-bond donors (Lipinski definition) is 0. The van der Waals surface area contributed by atoms with E-state index in [9.17, 15) is 18.0 Å². The van der Waals surface area contributed by atoms with Crippen LogP contribution < -0.4 is 0 Å². The summed E-state index contributed by atoms with van der Waals surface area (Å²) in [5, 5.41) is 0. The summed E-state index contributed by atoms with van der Waals surface area (Å²) in [5.41, 5.74) is 1.54. The lowest BCUT2D eigenvalue weighted by Crippen LogP contribution is -2.39. The molecule has 10 heteroatoms. The van der Waals surface area contributed by atoms with Crippen molar-refractivity contribution in [2.24, 2.45) is 0 Å². The van der Waals surface area contributed by atoms with Gasteiger partial charge in [0, 0.05) is 31.6 Å². The number of benzene rings is 1. The van der Waals surface area contributed by atoms with Gasteiger partial charge in [0.15, 0.2) is 6.10 Å². The van der Waals surface area contributed by atoms with Crippen LogP contribution in [0.1, 0.15) is 45.3 Å². The van der Waals surface area contributed by atoms with Crippen LogP contribution >= 0.6 is 11.3 Å². The summed E-state index contributed by atoms with van der Waals surface area (Å²) >= 11 is 1.07. The molecule has 0 radical (unpaired) electrons. The van der Waals surface area contributed by atoms with Crippen LogP contribution in [-0.2, 0) is 37.3 Å². The molecule has 2 aliphatic heterocycles. The number of carbonyl (C=O) groups is 2. The highest BCUT2D eigenvalue weighted by molar-refractivity contribution is 7.91. The highest BCUT2D eigenvalue weighted by atomic mass is 32.2. The molecule has 1 saturated heterocycles. The summed E-state index contributed by atoms with van der Waals surface area (Å²) < 4.78 is 38.4. The lowest BCUT2D eigenvalue weighted by Gasteiger charge is -2.30. The first-order valence-corrected chi connectivity index (χ1v) is 12.7. The second-order valence-electron chi connectivity index (χ2n) is 7.81. The van der Waals surface area contributed by atoms with E-state index in [1.807, 2.05) is 30.3 Å². The first-order chi connectivity index (χ1) is 15.4. The number of amides is 1. The molecule has 0 bridgehead atoms. The van der Waals surface area contributed by atoms with E-state index >= 15 is 0 Å². The number of nitrogens with zero attached hydrogens (tertiary/aromatic N) is 2. The number of rotatable bonds is 6. The molecule has 3 heterocycles. The van der Waals surface area contributed by atoms with Gasteiger partial charge in [-0.1, -0.05) is 30.3 Å². The van der Waals surface area contributed by atoms with Gasteiger partial charge in [-0.3, -0.25) is 4.79 Å². The van der Waals surface area contributed by atoms with E-state index in [1.165, 1.54) is 18.5 Å². The molecule has 0 N–H and O–H groups in total. The Kier molecular flexibility index (Phi) is 6.66.